The molecule has 0 bridgehead atoms. The molecular weight excluding hydrogens is 278 g/mol. The summed E-state index contributed by atoms with van der Waals surface area (Å²) in [5, 5.41) is 3.25. The van der Waals surface area contributed by atoms with Gasteiger partial charge in [0, 0.05) is 34.5 Å². The molecule has 2 aromatic rings. The van der Waals surface area contributed by atoms with E-state index in [1.807, 2.05) is 36.7 Å². The lowest BCUT2D eigenvalue weighted by atomic mass is 10.2. The number of nitrogens with one attached hydrogen (secondary N) is 1. The summed E-state index contributed by atoms with van der Waals surface area (Å²) in [6, 6.07) is 7.99. The highest BCUT2D eigenvalue weighted by atomic mass is 79.9. The van der Waals surface area contributed by atoms with Gasteiger partial charge in [-0.3, -0.25) is 0 Å². The van der Waals surface area contributed by atoms with Gasteiger partial charge in [-0.1, -0.05) is 35.0 Å². The Morgan fingerprint density at radius 1 is 1.12 bits per heavy atom. The Labute approximate surface area is 109 Å². The SMILES string of the molecule is CCNCc1cnc(-c2ccc(Br)cc2)nc1. The molecule has 17 heavy (non-hydrogen) atoms. The first-order chi connectivity index (χ1) is 8.29. The Morgan fingerprint density at radius 3 is 2.35 bits per heavy atom. The average Bonchev–Trinajstić information content (AvgIpc) is 2.38. The number of benzene rings is 1. The number of nitrogens with zero attached hydrogens (tertiary/aromatic N) is 2. The second-order valence-corrected chi connectivity index (χ2v) is 4.62. The van der Waals surface area contributed by atoms with Gasteiger partial charge in [0.1, 0.15) is 0 Å². The molecule has 0 saturated carbocycles. The molecule has 0 aliphatic heterocycles. The third-order valence-electron chi connectivity index (χ3n) is 2.39. The van der Waals surface area contributed by atoms with Gasteiger partial charge in [0.05, 0.1) is 0 Å². The lowest BCUT2D eigenvalue weighted by molar-refractivity contribution is 0.721. The maximum atomic E-state index is 4.37. The van der Waals surface area contributed by atoms with Gasteiger partial charge in [0.15, 0.2) is 5.82 Å². The quantitative estimate of drug-likeness (QED) is 0.941. The van der Waals surface area contributed by atoms with Gasteiger partial charge in [-0.05, 0) is 18.7 Å². The molecule has 1 aromatic heterocycles. The highest BCUT2D eigenvalue weighted by Crippen LogP contribution is 2.17. The molecule has 0 fully saturated rings. The molecule has 0 aliphatic carbocycles. The average molecular weight is 292 g/mol. The molecule has 0 spiro atoms. The lowest BCUT2D eigenvalue weighted by Gasteiger charge is -2.03. The molecule has 0 radical (unpaired) electrons. The van der Waals surface area contributed by atoms with E-state index >= 15 is 0 Å². The molecule has 1 N–H and O–H groups in total. The van der Waals surface area contributed by atoms with Crippen LogP contribution in [0.2, 0.25) is 0 Å². The number of hydrogen-bond acceptors (Lipinski definition) is 3. The van der Waals surface area contributed by atoms with E-state index in [-0.39, 0.29) is 0 Å². The van der Waals surface area contributed by atoms with Crippen LogP contribution in [0.25, 0.3) is 11.4 Å². The Kier molecular flexibility index (Phi) is 4.23. The normalized spacial score (nSPS) is 10.5. The van der Waals surface area contributed by atoms with Gasteiger partial charge in [-0.25, -0.2) is 9.97 Å². The van der Waals surface area contributed by atoms with Crippen molar-refractivity contribution in [2.75, 3.05) is 6.54 Å². The van der Waals surface area contributed by atoms with Gasteiger partial charge in [-0.15, -0.1) is 0 Å². The molecular formula is C13H14BrN3. The number of hydrogen-bond donors (Lipinski definition) is 1. The van der Waals surface area contributed by atoms with Gasteiger partial charge in [0.25, 0.3) is 0 Å². The second kappa shape index (κ2) is 5.89. The molecule has 1 aromatic carbocycles. The Bertz CT molecular complexity index is 465. The Morgan fingerprint density at radius 2 is 1.76 bits per heavy atom. The van der Waals surface area contributed by atoms with Crippen LogP contribution in [0.1, 0.15) is 12.5 Å². The number of aromatic nitrogens is 2. The predicted octanol–water partition coefficient (Wildman–Crippen LogP) is 3.02. The van der Waals surface area contributed by atoms with Crippen molar-refractivity contribution >= 4 is 15.9 Å². The third-order valence-corrected chi connectivity index (χ3v) is 2.92. The first kappa shape index (κ1) is 12.2. The van der Waals surface area contributed by atoms with Crippen molar-refractivity contribution in [2.24, 2.45) is 0 Å². The predicted molar refractivity (Wildman–Crippen MR) is 72.5 cm³/mol. The minimum Gasteiger partial charge on any atom is -0.313 e. The van der Waals surface area contributed by atoms with Crippen LogP contribution in [0.15, 0.2) is 41.1 Å². The molecule has 0 atom stereocenters. The van der Waals surface area contributed by atoms with Crippen LogP contribution in [0.5, 0.6) is 0 Å². The minimum atomic E-state index is 0.762. The van der Waals surface area contributed by atoms with Crippen molar-refractivity contribution in [3.05, 3.63) is 46.7 Å². The standard InChI is InChI=1S/C13H14BrN3/c1-2-15-7-10-8-16-13(17-9-10)11-3-5-12(14)6-4-11/h3-6,8-9,15H,2,7H2,1H3. The summed E-state index contributed by atoms with van der Waals surface area (Å²) in [4.78, 5) is 8.73. The van der Waals surface area contributed by atoms with E-state index in [9.17, 15) is 0 Å². The summed E-state index contributed by atoms with van der Waals surface area (Å²) in [7, 11) is 0. The van der Waals surface area contributed by atoms with Crippen molar-refractivity contribution < 1.29 is 0 Å². The highest BCUT2D eigenvalue weighted by molar-refractivity contribution is 9.10. The summed E-state index contributed by atoms with van der Waals surface area (Å²) in [6.45, 7) is 3.85. The van der Waals surface area contributed by atoms with Crippen molar-refractivity contribution in [1.29, 1.82) is 0 Å². The fourth-order valence-corrected chi connectivity index (χ4v) is 1.73. The van der Waals surface area contributed by atoms with Crippen LogP contribution in [0.3, 0.4) is 0 Å². The Balaban J connectivity index is 2.14. The van der Waals surface area contributed by atoms with Crippen molar-refractivity contribution in [3.63, 3.8) is 0 Å². The summed E-state index contributed by atoms with van der Waals surface area (Å²) < 4.78 is 1.06. The first-order valence-electron chi connectivity index (χ1n) is 5.57. The van der Waals surface area contributed by atoms with E-state index in [2.05, 4.69) is 38.1 Å². The summed E-state index contributed by atoms with van der Waals surface area (Å²) in [6.07, 6.45) is 3.74. The molecule has 1 heterocycles. The van der Waals surface area contributed by atoms with Crippen LogP contribution in [-0.2, 0) is 6.54 Å². The van der Waals surface area contributed by atoms with E-state index in [1.165, 1.54) is 0 Å². The number of rotatable bonds is 4. The zero-order valence-electron chi connectivity index (χ0n) is 9.65. The van der Waals surface area contributed by atoms with E-state index in [4.69, 9.17) is 0 Å². The van der Waals surface area contributed by atoms with Gasteiger partial charge < -0.3 is 5.32 Å². The fourth-order valence-electron chi connectivity index (χ4n) is 1.46. The molecule has 3 nitrogen and oxygen atoms in total. The molecule has 0 amide bonds. The maximum Gasteiger partial charge on any atom is 0.159 e. The van der Waals surface area contributed by atoms with E-state index in [1.54, 1.807) is 0 Å². The van der Waals surface area contributed by atoms with Crippen LogP contribution >= 0.6 is 15.9 Å². The minimum absolute atomic E-state index is 0.762. The van der Waals surface area contributed by atoms with Gasteiger partial charge in [-0.2, -0.15) is 0 Å². The van der Waals surface area contributed by atoms with Crippen molar-refractivity contribution in [3.8, 4) is 11.4 Å². The largest absolute Gasteiger partial charge is 0.313 e. The molecule has 0 aliphatic rings. The summed E-state index contributed by atoms with van der Waals surface area (Å²) in [5.41, 5.74) is 2.14. The smallest absolute Gasteiger partial charge is 0.159 e. The molecule has 0 unspecified atom stereocenters. The van der Waals surface area contributed by atoms with Crippen LogP contribution in [-0.4, -0.2) is 16.5 Å². The third kappa shape index (κ3) is 3.35. The van der Waals surface area contributed by atoms with Crippen LogP contribution < -0.4 is 5.32 Å². The van der Waals surface area contributed by atoms with Crippen LogP contribution in [0.4, 0.5) is 0 Å². The lowest BCUT2D eigenvalue weighted by Crippen LogP contribution is -2.12. The van der Waals surface area contributed by atoms with Crippen LogP contribution in [0, 0.1) is 0 Å². The van der Waals surface area contributed by atoms with Gasteiger partial charge >= 0.3 is 0 Å². The summed E-state index contributed by atoms with van der Waals surface area (Å²) in [5.74, 6) is 0.762. The highest BCUT2D eigenvalue weighted by Gasteiger charge is 2.00. The van der Waals surface area contributed by atoms with Crippen molar-refractivity contribution in [1.82, 2.24) is 15.3 Å². The molecule has 4 heteroatoms. The topological polar surface area (TPSA) is 37.8 Å². The van der Waals surface area contributed by atoms with E-state index in [0.29, 0.717) is 0 Å². The van der Waals surface area contributed by atoms with Gasteiger partial charge in [0.2, 0.25) is 0 Å². The zero-order chi connectivity index (χ0) is 12.1. The zero-order valence-corrected chi connectivity index (χ0v) is 11.2. The van der Waals surface area contributed by atoms with E-state index in [0.717, 1.165) is 34.5 Å². The first-order valence-corrected chi connectivity index (χ1v) is 6.36. The molecule has 2 rings (SSSR count). The van der Waals surface area contributed by atoms with Crippen molar-refractivity contribution in [2.45, 2.75) is 13.5 Å². The number of halogens is 1. The fraction of sp³-hybridized carbons (Fsp3) is 0.231. The summed E-state index contributed by atoms with van der Waals surface area (Å²) >= 11 is 3.41. The molecule has 0 saturated heterocycles. The second-order valence-electron chi connectivity index (χ2n) is 3.70. The molecule has 88 valence electrons. The Hall–Kier alpha value is -1.26. The monoisotopic (exact) mass is 291 g/mol. The maximum absolute atomic E-state index is 4.37. The van der Waals surface area contributed by atoms with E-state index < -0.39 is 0 Å².